The van der Waals surface area contributed by atoms with E-state index in [1.807, 2.05) is 11.9 Å². The van der Waals surface area contributed by atoms with Gasteiger partial charge in [0.05, 0.1) is 0 Å². The van der Waals surface area contributed by atoms with Gasteiger partial charge in [-0.15, -0.1) is 0 Å². The van der Waals surface area contributed by atoms with Crippen molar-refractivity contribution in [1.29, 1.82) is 0 Å². The summed E-state index contributed by atoms with van der Waals surface area (Å²) in [4.78, 5) is 13.9. The molecule has 74 valence electrons. The molecule has 0 heterocycles. The first-order chi connectivity index (χ1) is 6.02. The van der Waals surface area contributed by atoms with E-state index in [0.29, 0.717) is 17.9 Å². The average molecular weight is 181 g/mol. The minimum absolute atomic E-state index is 0.287. The van der Waals surface area contributed by atoms with Crippen molar-refractivity contribution in [2.75, 3.05) is 7.05 Å². The summed E-state index contributed by atoms with van der Waals surface area (Å²) in [6.07, 6.45) is 4.82. The van der Waals surface area contributed by atoms with Crippen molar-refractivity contribution in [2.24, 2.45) is 11.3 Å². The third kappa shape index (κ3) is 1.47. The van der Waals surface area contributed by atoms with Gasteiger partial charge in [0, 0.05) is 19.0 Å². The van der Waals surface area contributed by atoms with Crippen LogP contribution in [0.25, 0.3) is 0 Å². The van der Waals surface area contributed by atoms with E-state index < -0.39 is 0 Å². The highest BCUT2D eigenvalue weighted by atomic mass is 16.2. The molecule has 0 aromatic carbocycles. The summed E-state index contributed by atoms with van der Waals surface area (Å²) >= 11 is 0. The van der Waals surface area contributed by atoms with Gasteiger partial charge in [0.2, 0.25) is 5.91 Å². The number of rotatable bonds is 2. The normalized spacial score (nSPS) is 30.8. The number of carbonyl (C=O) groups is 1. The van der Waals surface area contributed by atoms with E-state index in [-0.39, 0.29) is 5.41 Å². The third-order valence-electron chi connectivity index (χ3n) is 3.78. The van der Waals surface area contributed by atoms with Crippen LogP contribution in [0, 0.1) is 11.3 Å². The third-order valence-corrected chi connectivity index (χ3v) is 3.78. The Balaban J connectivity index is 1.90. The molecule has 2 nitrogen and oxygen atoms in total. The van der Waals surface area contributed by atoms with Crippen LogP contribution in [-0.2, 0) is 4.79 Å². The molecule has 0 saturated heterocycles. The Bertz CT molecular complexity index is 230. The van der Waals surface area contributed by atoms with Gasteiger partial charge in [-0.05, 0) is 31.1 Å². The van der Waals surface area contributed by atoms with E-state index in [4.69, 9.17) is 0 Å². The van der Waals surface area contributed by atoms with Gasteiger partial charge in [-0.3, -0.25) is 4.79 Å². The van der Waals surface area contributed by atoms with Crippen LogP contribution in [0.4, 0.5) is 0 Å². The van der Waals surface area contributed by atoms with Crippen LogP contribution in [-0.4, -0.2) is 23.9 Å². The molecule has 2 rings (SSSR count). The van der Waals surface area contributed by atoms with Gasteiger partial charge in [-0.1, -0.05) is 13.8 Å². The van der Waals surface area contributed by atoms with Crippen molar-refractivity contribution in [1.82, 2.24) is 4.90 Å². The van der Waals surface area contributed by atoms with Crippen molar-refractivity contribution in [3.05, 3.63) is 0 Å². The van der Waals surface area contributed by atoms with Crippen LogP contribution in [0.2, 0.25) is 0 Å². The Hall–Kier alpha value is -0.530. The molecule has 0 aromatic heterocycles. The monoisotopic (exact) mass is 181 g/mol. The molecule has 1 amide bonds. The Morgan fingerprint density at radius 1 is 1.38 bits per heavy atom. The molecule has 2 aliphatic carbocycles. The highest BCUT2D eigenvalue weighted by molar-refractivity contribution is 5.82. The van der Waals surface area contributed by atoms with Crippen LogP contribution >= 0.6 is 0 Å². The lowest BCUT2D eigenvalue weighted by molar-refractivity contribution is -0.135. The maximum absolute atomic E-state index is 11.9. The van der Waals surface area contributed by atoms with Gasteiger partial charge in [0.25, 0.3) is 0 Å². The zero-order chi connectivity index (χ0) is 9.64. The second kappa shape index (κ2) is 2.73. The molecule has 2 fully saturated rings. The molecule has 0 bridgehead atoms. The molecule has 13 heavy (non-hydrogen) atoms. The number of hydrogen-bond donors (Lipinski definition) is 0. The molecule has 2 heteroatoms. The molecule has 1 atom stereocenters. The molecular weight excluding hydrogens is 162 g/mol. The minimum atomic E-state index is 0.287. The summed E-state index contributed by atoms with van der Waals surface area (Å²) in [6.45, 7) is 4.37. The van der Waals surface area contributed by atoms with Gasteiger partial charge in [-0.2, -0.15) is 0 Å². The maximum Gasteiger partial charge on any atom is 0.226 e. The quantitative estimate of drug-likeness (QED) is 0.638. The van der Waals surface area contributed by atoms with E-state index in [0.717, 1.165) is 6.42 Å². The molecule has 0 unspecified atom stereocenters. The average Bonchev–Trinajstić information content (AvgIpc) is 2.54. The molecule has 0 aromatic rings. The highest BCUT2D eigenvalue weighted by Crippen LogP contribution is 2.52. The lowest BCUT2D eigenvalue weighted by Crippen LogP contribution is -2.42. The summed E-state index contributed by atoms with van der Waals surface area (Å²) < 4.78 is 0. The number of nitrogens with zero attached hydrogens (tertiary/aromatic N) is 1. The van der Waals surface area contributed by atoms with E-state index >= 15 is 0 Å². The Labute approximate surface area is 80.3 Å². The molecule has 2 saturated carbocycles. The zero-order valence-electron chi connectivity index (χ0n) is 8.84. The van der Waals surface area contributed by atoms with Crippen molar-refractivity contribution in [2.45, 2.75) is 45.6 Å². The van der Waals surface area contributed by atoms with E-state index in [1.165, 1.54) is 19.3 Å². The topological polar surface area (TPSA) is 20.3 Å². The summed E-state index contributed by atoms with van der Waals surface area (Å²) in [7, 11) is 1.97. The molecule has 0 aliphatic heterocycles. The molecular formula is C11H19NO. The molecule has 0 N–H and O–H groups in total. The molecule has 0 spiro atoms. The van der Waals surface area contributed by atoms with Crippen LogP contribution < -0.4 is 0 Å². The minimum Gasteiger partial charge on any atom is -0.343 e. The van der Waals surface area contributed by atoms with Gasteiger partial charge < -0.3 is 4.90 Å². The van der Waals surface area contributed by atoms with E-state index in [2.05, 4.69) is 13.8 Å². The van der Waals surface area contributed by atoms with Crippen LogP contribution in [0.5, 0.6) is 0 Å². The van der Waals surface area contributed by atoms with Crippen molar-refractivity contribution in [3.8, 4) is 0 Å². The lowest BCUT2D eigenvalue weighted by Gasteiger charge is -2.35. The number of hydrogen-bond acceptors (Lipinski definition) is 1. The fraction of sp³-hybridized carbons (Fsp3) is 0.909. The summed E-state index contributed by atoms with van der Waals surface area (Å²) in [6, 6.07) is 0.559. The van der Waals surface area contributed by atoms with Crippen LogP contribution in [0.15, 0.2) is 0 Å². The lowest BCUT2D eigenvalue weighted by atomic mass is 9.91. The van der Waals surface area contributed by atoms with Gasteiger partial charge in [0.1, 0.15) is 0 Å². The van der Waals surface area contributed by atoms with Crippen LogP contribution in [0.3, 0.4) is 0 Å². The second-order valence-electron chi connectivity index (χ2n) is 5.28. The zero-order valence-corrected chi connectivity index (χ0v) is 8.84. The Morgan fingerprint density at radius 3 is 2.23 bits per heavy atom. The maximum atomic E-state index is 11.9. The Morgan fingerprint density at radius 2 is 1.92 bits per heavy atom. The summed E-state index contributed by atoms with van der Waals surface area (Å²) in [5, 5.41) is 0. The number of amides is 1. The first-order valence-electron chi connectivity index (χ1n) is 5.29. The van der Waals surface area contributed by atoms with E-state index in [1.54, 1.807) is 0 Å². The van der Waals surface area contributed by atoms with Crippen molar-refractivity contribution in [3.63, 3.8) is 0 Å². The van der Waals surface area contributed by atoms with Gasteiger partial charge in [0.15, 0.2) is 0 Å². The predicted octanol–water partition coefficient (Wildman–Crippen LogP) is 2.04. The fourth-order valence-electron chi connectivity index (χ4n) is 2.09. The van der Waals surface area contributed by atoms with E-state index in [9.17, 15) is 4.79 Å². The van der Waals surface area contributed by atoms with Crippen LogP contribution in [0.1, 0.15) is 39.5 Å². The SMILES string of the molecule is CN(C(=O)[C@H]1CC1(C)C)C1CCC1. The summed E-state index contributed by atoms with van der Waals surface area (Å²) in [5.41, 5.74) is 0.287. The summed E-state index contributed by atoms with van der Waals surface area (Å²) in [5.74, 6) is 0.702. The number of carbonyl (C=O) groups excluding carboxylic acids is 1. The van der Waals surface area contributed by atoms with Gasteiger partial charge in [-0.25, -0.2) is 0 Å². The molecule has 0 radical (unpaired) electrons. The van der Waals surface area contributed by atoms with Crippen molar-refractivity contribution >= 4 is 5.91 Å². The largest absolute Gasteiger partial charge is 0.343 e. The highest BCUT2D eigenvalue weighted by Gasteiger charge is 2.52. The first kappa shape index (κ1) is 9.04. The Kier molecular flexibility index (Phi) is 1.90. The first-order valence-corrected chi connectivity index (χ1v) is 5.29. The smallest absolute Gasteiger partial charge is 0.226 e. The standard InChI is InChI=1S/C11H19NO/c1-11(2)7-9(11)10(13)12(3)8-5-4-6-8/h8-9H,4-7H2,1-3H3/t9-/m1/s1. The second-order valence-corrected chi connectivity index (χ2v) is 5.28. The fourth-order valence-corrected chi connectivity index (χ4v) is 2.09. The molecule has 2 aliphatic rings. The van der Waals surface area contributed by atoms with Crippen molar-refractivity contribution < 1.29 is 4.79 Å². The predicted molar refractivity (Wildman–Crippen MR) is 52.3 cm³/mol. The van der Waals surface area contributed by atoms with Gasteiger partial charge >= 0.3 is 0 Å².